The second-order valence-electron chi connectivity index (χ2n) is 5.72. The lowest BCUT2D eigenvalue weighted by Gasteiger charge is -2.11. The van der Waals surface area contributed by atoms with Gasteiger partial charge in [-0.2, -0.15) is 0 Å². The Labute approximate surface area is 170 Å². The number of nitro benzene ring substituents is 1. The highest BCUT2D eigenvalue weighted by Crippen LogP contribution is 2.27. The van der Waals surface area contributed by atoms with Crippen molar-refractivity contribution < 1.29 is 18.1 Å². The van der Waals surface area contributed by atoms with Gasteiger partial charge in [0, 0.05) is 12.3 Å². The van der Waals surface area contributed by atoms with E-state index in [0.29, 0.717) is 0 Å². The van der Waals surface area contributed by atoms with Gasteiger partial charge >= 0.3 is 0 Å². The van der Waals surface area contributed by atoms with Crippen LogP contribution in [-0.4, -0.2) is 24.2 Å². The van der Waals surface area contributed by atoms with Crippen LogP contribution in [0, 0.1) is 10.1 Å². The third-order valence-corrected chi connectivity index (χ3v) is 5.46. The van der Waals surface area contributed by atoms with Gasteiger partial charge in [0.05, 0.1) is 32.3 Å². The van der Waals surface area contributed by atoms with Crippen LogP contribution in [0.1, 0.15) is 10.4 Å². The van der Waals surface area contributed by atoms with Crippen molar-refractivity contribution in [3.05, 3.63) is 87.7 Å². The van der Waals surface area contributed by atoms with Crippen molar-refractivity contribution in [3.8, 4) is 0 Å². The number of nitrogens with one attached hydrogen (secondary N) is 2. The number of aromatic nitrogens is 1. The maximum atomic E-state index is 12.6. The van der Waals surface area contributed by atoms with E-state index in [9.17, 15) is 23.3 Å². The predicted octanol–water partition coefficient (Wildman–Crippen LogP) is 3.70. The predicted molar refractivity (Wildman–Crippen MR) is 108 cm³/mol. The molecule has 2 aromatic carbocycles. The Bertz CT molecular complexity index is 1190. The summed E-state index contributed by atoms with van der Waals surface area (Å²) in [6.07, 6.45) is 2.82. The number of sulfonamides is 1. The van der Waals surface area contributed by atoms with Crippen LogP contribution in [-0.2, 0) is 10.0 Å². The SMILES string of the molecule is O=C(Nc1ccccc1[N+](=O)[O-])c1cc(S(=O)(=O)Nc2cccnc2)ccc1Cl. The molecule has 29 heavy (non-hydrogen) atoms. The van der Waals surface area contributed by atoms with Crippen LogP contribution in [0.2, 0.25) is 5.02 Å². The van der Waals surface area contributed by atoms with Crippen molar-refractivity contribution in [2.75, 3.05) is 10.0 Å². The minimum atomic E-state index is -4.02. The van der Waals surface area contributed by atoms with Crippen molar-refractivity contribution >= 4 is 44.6 Å². The first-order chi connectivity index (χ1) is 13.8. The smallest absolute Gasteiger partial charge is 0.292 e. The molecule has 0 aliphatic heterocycles. The summed E-state index contributed by atoms with van der Waals surface area (Å²) in [4.78, 5) is 26.7. The molecule has 1 aromatic heterocycles. The molecule has 9 nitrogen and oxygen atoms in total. The second-order valence-corrected chi connectivity index (χ2v) is 7.81. The van der Waals surface area contributed by atoms with Crippen molar-refractivity contribution in [1.82, 2.24) is 4.98 Å². The van der Waals surface area contributed by atoms with E-state index in [1.165, 1.54) is 54.9 Å². The Hall–Kier alpha value is -3.50. The van der Waals surface area contributed by atoms with Crippen molar-refractivity contribution in [1.29, 1.82) is 0 Å². The van der Waals surface area contributed by atoms with Crippen molar-refractivity contribution in [2.24, 2.45) is 0 Å². The topological polar surface area (TPSA) is 131 Å². The number of amides is 1. The average Bonchev–Trinajstić information content (AvgIpc) is 2.68. The van der Waals surface area contributed by atoms with E-state index in [4.69, 9.17) is 11.6 Å². The molecule has 0 aliphatic carbocycles. The Morgan fingerprint density at radius 2 is 1.86 bits per heavy atom. The molecule has 0 unspecified atom stereocenters. The van der Waals surface area contributed by atoms with E-state index in [1.54, 1.807) is 6.07 Å². The molecule has 0 spiro atoms. The van der Waals surface area contributed by atoms with Gasteiger partial charge in [0.15, 0.2) is 0 Å². The van der Waals surface area contributed by atoms with Crippen LogP contribution in [0.15, 0.2) is 71.9 Å². The lowest BCUT2D eigenvalue weighted by molar-refractivity contribution is -0.383. The summed E-state index contributed by atoms with van der Waals surface area (Å²) in [5, 5.41) is 13.5. The highest BCUT2D eigenvalue weighted by molar-refractivity contribution is 7.92. The molecule has 11 heteroatoms. The summed E-state index contributed by atoms with van der Waals surface area (Å²) in [6, 6.07) is 12.2. The highest BCUT2D eigenvalue weighted by atomic mass is 35.5. The fourth-order valence-electron chi connectivity index (χ4n) is 2.41. The highest BCUT2D eigenvalue weighted by Gasteiger charge is 2.21. The zero-order valence-corrected chi connectivity index (χ0v) is 16.1. The van der Waals surface area contributed by atoms with Gasteiger partial charge < -0.3 is 5.32 Å². The molecule has 0 fully saturated rings. The Morgan fingerprint density at radius 3 is 2.55 bits per heavy atom. The van der Waals surface area contributed by atoms with Crippen LogP contribution in [0.5, 0.6) is 0 Å². The number of nitrogens with zero attached hydrogens (tertiary/aromatic N) is 2. The molecule has 0 aliphatic rings. The van der Waals surface area contributed by atoms with Crippen LogP contribution in [0.25, 0.3) is 0 Å². The summed E-state index contributed by atoms with van der Waals surface area (Å²) < 4.78 is 27.5. The number of hydrogen-bond donors (Lipinski definition) is 2. The molecule has 0 radical (unpaired) electrons. The van der Waals surface area contributed by atoms with E-state index in [-0.39, 0.29) is 32.5 Å². The molecule has 0 atom stereocenters. The molecule has 0 bridgehead atoms. The third kappa shape index (κ3) is 4.68. The van der Waals surface area contributed by atoms with E-state index < -0.39 is 20.9 Å². The molecule has 3 aromatic rings. The Kier molecular flexibility index (Phi) is 5.76. The molecule has 0 saturated carbocycles. The van der Waals surface area contributed by atoms with Crippen molar-refractivity contribution in [3.63, 3.8) is 0 Å². The van der Waals surface area contributed by atoms with Gasteiger partial charge in [-0.1, -0.05) is 23.7 Å². The Balaban J connectivity index is 1.91. The lowest BCUT2D eigenvalue weighted by Crippen LogP contribution is -2.17. The van der Waals surface area contributed by atoms with Gasteiger partial charge in [-0.15, -0.1) is 0 Å². The van der Waals surface area contributed by atoms with Crippen LogP contribution < -0.4 is 10.0 Å². The zero-order valence-electron chi connectivity index (χ0n) is 14.6. The first-order valence-electron chi connectivity index (χ1n) is 8.05. The van der Waals surface area contributed by atoms with Gasteiger partial charge in [-0.3, -0.25) is 24.6 Å². The fraction of sp³-hybridized carbons (Fsp3) is 0. The fourth-order valence-corrected chi connectivity index (χ4v) is 3.68. The summed E-state index contributed by atoms with van der Waals surface area (Å²) in [5.74, 6) is -0.789. The van der Waals surface area contributed by atoms with E-state index in [0.717, 1.165) is 6.07 Å². The quantitative estimate of drug-likeness (QED) is 0.451. The van der Waals surface area contributed by atoms with E-state index >= 15 is 0 Å². The molecule has 1 amide bonds. The molecule has 3 rings (SSSR count). The van der Waals surface area contributed by atoms with Gasteiger partial charge in [-0.05, 0) is 36.4 Å². The lowest BCUT2D eigenvalue weighted by atomic mass is 10.2. The van der Waals surface area contributed by atoms with E-state index in [1.807, 2.05) is 0 Å². The van der Waals surface area contributed by atoms with Gasteiger partial charge in [0.25, 0.3) is 21.6 Å². The summed E-state index contributed by atoms with van der Waals surface area (Å²) in [6.45, 7) is 0. The van der Waals surface area contributed by atoms with Gasteiger partial charge in [0.1, 0.15) is 5.69 Å². The zero-order chi connectivity index (χ0) is 21.0. The number of para-hydroxylation sites is 2. The normalized spacial score (nSPS) is 10.9. The molecule has 2 N–H and O–H groups in total. The number of carbonyl (C=O) groups is 1. The largest absolute Gasteiger partial charge is 0.316 e. The van der Waals surface area contributed by atoms with Gasteiger partial charge in [-0.25, -0.2) is 8.42 Å². The van der Waals surface area contributed by atoms with Gasteiger partial charge in [0.2, 0.25) is 0 Å². The van der Waals surface area contributed by atoms with Crippen LogP contribution in [0.3, 0.4) is 0 Å². The number of anilines is 2. The summed E-state index contributed by atoms with van der Waals surface area (Å²) >= 11 is 6.05. The maximum Gasteiger partial charge on any atom is 0.292 e. The minimum absolute atomic E-state index is 0.0126. The third-order valence-electron chi connectivity index (χ3n) is 3.76. The summed E-state index contributed by atoms with van der Waals surface area (Å²) in [5.41, 5.74) is -0.258. The average molecular weight is 433 g/mol. The molecule has 148 valence electrons. The Morgan fingerprint density at radius 1 is 1.10 bits per heavy atom. The standard InChI is InChI=1S/C18H13ClN4O5S/c19-15-8-7-13(29(27,28)22-12-4-3-9-20-11-12)10-14(15)18(24)21-16-5-1-2-6-17(16)23(25)26/h1-11,22H,(H,21,24). The van der Waals surface area contributed by atoms with Crippen LogP contribution in [0.4, 0.5) is 17.1 Å². The molecule has 0 saturated heterocycles. The molecule has 1 heterocycles. The summed E-state index contributed by atoms with van der Waals surface area (Å²) in [7, 11) is -4.02. The second kappa shape index (κ2) is 8.25. The molecular formula is C18H13ClN4O5S. The number of hydrogen-bond acceptors (Lipinski definition) is 6. The number of benzene rings is 2. The number of pyridine rings is 1. The maximum absolute atomic E-state index is 12.6. The monoisotopic (exact) mass is 432 g/mol. The van der Waals surface area contributed by atoms with E-state index in [2.05, 4.69) is 15.0 Å². The minimum Gasteiger partial charge on any atom is -0.316 e. The number of carbonyl (C=O) groups excluding carboxylic acids is 1. The molecular weight excluding hydrogens is 420 g/mol. The number of nitro groups is 1. The number of rotatable bonds is 6. The number of halogens is 1. The van der Waals surface area contributed by atoms with Crippen LogP contribution >= 0.6 is 11.6 Å². The first-order valence-corrected chi connectivity index (χ1v) is 9.91. The van der Waals surface area contributed by atoms with Crippen molar-refractivity contribution in [2.45, 2.75) is 4.90 Å². The first kappa shape index (κ1) is 20.2.